The van der Waals surface area contributed by atoms with Crippen LogP contribution < -0.4 is 11.1 Å². The van der Waals surface area contributed by atoms with E-state index in [1.807, 2.05) is 26.1 Å². The second-order valence-electron chi connectivity index (χ2n) is 4.17. The van der Waals surface area contributed by atoms with Crippen LogP contribution >= 0.6 is 0 Å². The molecule has 3 N–H and O–H groups in total. The molecule has 0 radical (unpaired) electrons. The Bertz CT molecular complexity index is 308. The van der Waals surface area contributed by atoms with Crippen molar-refractivity contribution in [1.29, 1.82) is 0 Å². The number of aryl methyl sites for hydroxylation is 1. The maximum atomic E-state index is 11.6. The second kappa shape index (κ2) is 6.27. The molecule has 0 aliphatic heterocycles. The summed E-state index contributed by atoms with van der Waals surface area (Å²) in [5, 5.41) is 6.96. The van der Waals surface area contributed by atoms with Crippen LogP contribution in [0.1, 0.15) is 20.3 Å². The van der Waals surface area contributed by atoms with E-state index < -0.39 is 0 Å². The first-order valence-electron chi connectivity index (χ1n) is 5.60. The number of hydrogen-bond donors (Lipinski definition) is 2. The summed E-state index contributed by atoms with van der Waals surface area (Å²) in [5.41, 5.74) is 5.58. The zero-order chi connectivity index (χ0) is 12.0. The molecule has 0 aliphatic carbocycles. The molecule has 0 bridgehead atoms. The minimum atomic E-state index is 0.0275. The fraction of sp³-hybridized carbons (Fsp3) is 0.636. The Kier molecular flexibility index (Phi) is 4.98. The van der Waals surface area contributed by atoms with Crippen molar-refractivity contribution in [2.45, 2.75) is 32.9 Å². The lowest BCUT2D eigenvalue weighted by Crippen LogP contribution is -2.43. The topological polar surface area (TPSA) is 72.9 Å². The SMILES string of the molecule is CC(C)C(CN)NC(=O)CCn1cccn1. The molecule has 0 fully saturated rings. The number of nitrogens with two attached hydrogens (primary N) is 1. The van der Waals surface area contributed by atoms with Crippen molar-refractivity contribution in [2.24, 2.45) is 11.7 Å². The second-order valence-corrected chi connectivity index (χ2v) is 4.17. The van der Waals surface area contributed by atoms with Crippen LogP contribution in [-0.4, -0.2) is 28.3 Å². The summed E-state index contributed by atoms with van der Waals surface area (Å²) in [6.07, 6.45) is 3.98. The van der Waals surface area contributed by atoms with Crippen molar-refractivity contribution in [1.82, 2.24) is 15.1 Å². The van der Waals surface area contributed by atoms with E-state index >= 15 is 0 Å². The lowest BCUT2D eigenvalue weighted by Gasteiger charge is -2.20. The summed E-state index contributed by atoms with van der Waals surface area (Å²) >= 11 is 0. The van der Waals surface area contributed by atoms with Gasteiger partial charge in [-0.25, -0.2) is 0 Å². The Morgan fingerprint density at radius 3 is 2.81 bits per heavy atom. The van der Waals surface area contributed by atoms with Gasteiger partial charge in [0.1, 0.15) is 0 Å². The molecule has 0 aliphatic rings. The maximum absolute atomic E-state index is 11.6. The fourth-order valence-electron chi connectivity index (χ4n) is 1.43. The van der Waals surface area contributed by atoms with Crippen molar-refractivity contribution in [3.05, 3.63) is 18.5 Å². The molecular weight excluding hydrogens is 204 g/mol. The van der Waals surface area contributed by atoms with E-state index in [1.165, 1.54) is 0 Å². The zero-order valence-electron chi connectivity index (χ0n) is 9.89. The van der Waals surface area contributed by atoms with Gasteiger partial charge in [-0.3, -0.25) is 9.48 Å². The zero-order valence-corrected chi connectivity index (χ0v) is 9.89. The Balaban J connectivity index is 2.30. The Hall–Kier alpha value is -1.36. The molecule has 0 aromatic carbocycles. The van der Waals surface area contributed by atoms with Crippen LogP contribution in [0, 0.1) is 5.92 Å². The lowest BCUT2D eigenvalue weighted by molar-refractivity contribution is -0.122. The van der Waals surface area contributed by atoms with Crippen LogP contribution in [0.2, 0.25) is 0 Å². The number of hydrogen-bond acceptors (Lipinski definition) is 3. The molecule has 0 saturated carbocycles. The first-order chi connectivity index (χ1) is 7.63. The number of nitrogens with one attached hydrogen (secondary N) is 1. The molecule has 1 unspecified atom stereocenters. The highest BCUT2D eigenvalue weighted by Crippen LogP contribution is 2.00. The molecule has 0 saturated heterocycles. The summed E-state index contributed by atoms with van der Waals surface area (Å²) < 4.78 is 1.74. The molecule has 1 atom stereocenters. The highest BCUT2D eigenvalue weighted by Gasteiger charge is 2.13. The number of amides is 1. The summed E-state index contributed by atoms with van der Waals surface area (Å²) in [6, 6.07) is 1.90. The predicted molar refractivity (Wildman–Crippen MR) is 62.7 cm³/mol. The van der Waals surface area contributed by atoms with Gasteiger partial charge in [0, 0.05) is 37.9 Å². The predicted octanol–water partition coefficient (Wildman–Crippen LogP) is 0.373. The van der Waals surface area contributed by atoms with Crippen molar-refractivity contribution in [3.8, 4) is 0 Å². The average molecular weight is 224 g/mol. The third-order valence-electron chi connectivity index (χ3n) is 2.53. The largest absolute Gasteiger partial charge is 0.352 e. The first-order valence-corrected chi connectivity index (χ1v) is 5.60. The van der Waals surface area contributed by atoms with E-state index in [1.54, 1.807) is 10.9 Å². The molecule has 5 heteroatoms. The number of aromatic nitrogens is 2. The minimum absolute atomic E-state index is 0.0275. The highest BCUT2D eigenvalue weighted by molar-refractivity contribution is 5.76. The maximum Gasteiger partial charge on any atom is 0.222 e. The summed E-state index contributed by atoms with van der Waals surface area (Å²) in [6.45, 7) is 5.18. The summed E-state index contributed by atoms with van der Waals surface area (Å²) in [7, 11) is 0. The van der Waals surface area contributed by atoms with Gasteiger partial charge in [0.2, 0.25) is 5.91 Å². The van der Waals surface area contributed by atoms with Crippen LogP contribution in [0.5, 0.6) is 0 Å². The van der Waals surface area contributed by atoms with Gasteiger partial charge in [-0.15, -0.1) is 0 Å². The normalized spacial score (nSPS) is 12.8. The standard InChI is InChI=1S/C11H20N4O/c1-9(2)10(8-12)14-11(16)4-7-15-6-3-5-13-15/h3,5-6,9-10H,4,7-8,12H2,1-2H3,(H,14,16). The molecule has 1 heterocycles. The van der Waals surface area contributed by atoms with E-state index in [0.29, 0.717) is 25.4 Å². The summed E-state index contributed by atoms with van der Waals surface area (Å²) in [5.74, 6) is 0.387. The van der Waals surface area contributed by atoms with Gasteiger partial charge in [-0.05, 0) is 12.0 Å². The van der Waals surface area contributed by atoms with Crippen molar-refractivity contribution in [2.75, 3.05) is 6.54 Å². The van der Waals surface area contributed by atoms with Crippen LogP contribution in [0.25, 0.3) is 0 Å². The van der Waals surface area contributed by atoms with Crippen LogP contribution in [-0.2, 0) is 11.3 Å². The minimum Gasteiger partial charge on any atom is -0.352 e. The Morgan fingerprint density at radius 2 is 2.31 bits per heavy atom. The van der Waals surface area contributed by atoms with Crippen LogP contribution in [0.15, 0.2) is 18.5 Å². The van der Waals surface area contributed by atoms with Gasteiger partial charge in [-0.2, -0.15) is 5.10 Å². The third kappa shape index (κ3) is 4.02. The number of nitrogens with zero attached hydrogens (tertiary/aromatic N) is 2. The van der Waals surface area contributed by atoms with Crippen molar-refractivity contribution >= 4 is 5.91 Å². The first kappa shape index (κ1) is 12.7. The van der Waals surface area contributed by atoms with E-state index in [9.17, 15) is 4.79 Å². The molecule has 16 heavy (non-hydrogen) atoms. The number of carbonyl (C=O) groups excluding carboxylic acids is 1. The molecule has 1 aromatic rings. The van der Waals surface area contributed by atoms with Gasteiger partial charge in [0.25, 0.3) is 0 Å². The Labute approximate surface area is 96.0 Å². The van der Waals surface area contributed by atoms with Gasteiger partial charge < -0.3 is 11.1 Å². The quantitative estimate of drug-likeness (QED) is 0.733. The van der Waals surface area contributed by atoms with E-state index in [2.05, 4.69) is 10.4 Å². The van der Waals surface area contributed by atoms with Crippen LogP contribution in [0.3, 0.4) is 0 Å². The third-order valence-corrected chi connectivity index (χ3v) is 2.53. The monoisotopic (exact) mass is 224 g/mol. The van der Waals surface area contributed by atoms with Crippen LogP contribution in [0.4, 0.5) is 0 Å². The molecular formula is C11H20N4O. The van der Waals surface area contributed by atoms with Gasteiger partial charge >= 0.3 is 0 Å². The number of rotatable bonds is 6. The van der Waals surface area contributed by atoms with Gasteiger partial charge in [0.05, 0.1) is 0 Å². The Morgan fingerprint density at radius 1 is 1.56 bits per heavy atom. The van der Waals surface area contributed by atoms with Gasteiger partial charge in [-0.1, -0.05) is 13.8 Å². The molecule has 5 nitrogen and oxygen atoms in total. The smallest absolute Gasteiger partial charge is 0.222 e. The van der Waals surface area contributed by atoms with E-state index in [-0.39, 0.29) is 11.9 Å². The summed E-state index contributed by atoms with van der Waals surface area (Å²) in [4.78, 5) is 11.6. The molecule has 0 spiro atoms. The van der Waals surface area contributed by atoms with E-state index in [4.69, 9.17) is 5.73 Å². The molecule has 1 amide bonds. The number of carbonyl (C=O) groups is 1. The van der Waals surface area contributed by atoms with Gasteiger partial charge in [0.15, 0.2) is 0 Å². The van der Waals surface area contributed by atoms with Crippen molar-refractivity contribution < 1.29 is 4.79 Å². The van der Waals surface area contributed by atoms with E-state index in [0.717, 1.165) is 0 Å². The lowest BCUT2D eigenvalue weighted by atomic mass is 10.0. The fourth-order valence-corrected chi connectivity index (χ4v) is 1.43. The molecule has 1 rings (SSSR count). The van der Waals surface area contributed by atoms with Crippen molar-refractivity contribution in [3.63, 3.8) is 0 Å². The average Bonchev–Trinajstić information content (AvgIpc) is 2.75. The highest BCUT2D eigenvalue weighted by atomic mass is 16.1. The molecule has 90 valence electrons. The molecule has 1 aromatic heterocycles.